The molecule has 0 saturated carbocycles. The first-order valence-corrected chi connectivity index (χ1v) is 12.3. The van der Waals surface area contributed by atoms with E-state index in [2.05, 4.69) is 19.7 Å². The van der Waals surface area contributed by atoms with Crippen molar-refractivity contribution < 1.29 is 13.2 Å². The molecule has 2 aromatic carbocycles. The number of aromatic nitrogens is 4. The number of rotatable bonds is 6. The number of ether oxygens (including phenoxy) is 1. The van der Waals surface area contributed by atoms with Crippen LogP contribution in [0.5, 0.6) is 11.6 Å². The van der Waals surface area contributed by atoms with E-state index in [9.17, 15) is 8.42 Å². The predicted octanol–water partition coefficient (Wildman–Crippen LogP) is 5.11. The third-order valence-corrected chi connectivity index (χ3v) is 7.23. The summed E-state index contributed by atoms with van der Waals surface area (Å²) < 4.78 is 36.3. The minimum absolute atomic E-state index is 0.268. The van der Waals surface area contributed by atoms with Gasteiger partial charge in [0.25, 0.3) is 10.0 Å². The lowest BCUT2D eigenvalue weighted by Gasteiger charge is -2.13. The topological polar surface area (TPSA) is 99.0 Å². The number of imidazole rings is 1. The second-order valence-electron chi connectivity index (χ2n) is 8.33. The van der Waals surface area contributed by atoms with Crippen LogP contribution < -0.4 is 9.46 Å². The molecule has 0 saturated heterocycles. The van der Waals surface area contributed by atoms with Crippen LogP contribution in [0, 0.1) is 41.5 Å². The van der Waals surface area contributed by atoms with Gasteiger partial charge in [0.15, 0.2) is 0 Å². The van der Waals surface area contributed by atoms with Gasteiger partial charge in [-0.05, 0) is 88.6 Å². The Morgan fingerprint density at radius 2 is 1.53 bits per heavy atom. The number of hydrogen-bond donors (Lipinski definition) is 1. The van der Waals surface area contributed by atoms with E-state index >= 15 is 0 Å². The van der Waals surface area contributed by atoms with Gasteiger partial charge in [-0.25, -0.2) is 18.4 Å². The molecular formula is C25H27N5O3S. The van der Waals surface area contributed by atoms with Crippen LogP contribution in [0.25, 0.3) is 5.82 Å². The first kappa shape index (κ1) is 23.4. The van der Waals surface area contributed by atoms with Crippen LogP contribution in [0.1, 0.15) is 33.9 Å². The van der Waals surface area contributed by atoms with Crippen LogP contribution in [0.2, 0.25) is 0 Å². The minimum atomic E-state index is -3.72. The Labute approximate surface area is 199 Å². The Morgan fingerprint density at radius 1 is 0.853 bits per heavy atom. The lowest BCUT2D eigenvalue weighted by Crippen LogP contribution is -2.14. The monoisotopic (exact) mass is 477 g/mol. The second-order valence-corrected chi connectivity index (χ2v) is 9.98. The minimum Gasteiger partial charge on any atom is -0.439 e. The van der Waals surface area contributed by atoms with E-state index in [1.807, 2.05) is 38.3 Å². The molecule has 9 heteroatoms. The zero-order valence-corrected chi connectivity index (χ0v) is 20.9. The molecule has 34 heavy (non-hydrogen) atoms. The Morgan fingerprint density at radius 3 is 2.18 bits per heavy atom. The molecule has 176 valence electrons. The molecule has 0 aliphatic carbocycles. The van der Waals surface area contributed by atoms with Crippen LogP contribution in [-0.2, 0) is 10.0 Å². The number of nitrogens with zero attached hydrogens (tertiary/aromatic N) is 4. The summed E-state index contributed by atoms with van der Waals surface area (Å²) >= 11 is 0. The zero-order valence-electron chi connectivity index (χ0n) is 20.0. The number of anilines is 1. The quantitative estimate of drug-likeness (QED) is 0.414. The van der Waals surface area contributed by atoms with Gasteiger partial charge in [0.05, 0.1) is 10.6 Å². The first-order chi connectivity index (χ1) is 16.0. The van der Waals surface area contributed by atoms with Crippen LogP contribution in [0.3, 0.4) is 0 Å². The fourth-order valence-electron chi connectivity index (χ4n) is 3.58. The molecule has 8 nitrogen and oxygen atoms in total. The molecule has 0 amide bonds. The molecule has 0 bridgehead atoms. The van der Waals surface area contributed by atoms with Crippen molar-refractivity contribution in [2.45, 2.75) is 46.4 Å². The molecule has 0 aliphatic heterocycles. The molecule has 0 aliphatic rings. The molecule has 4 aromatic rings. The Kier molecular flexibility index (Phi) is 6.14. The van der Waals surface area contributed by atoms with Gasteiger partial charge in [0, 0.05) is 17.4 Å². The number of sulfonamides is 1. The van der Waals surface area contributed by atoms with E-state index in [-0.39, 0.29) is 4.90 Å². The van der Waals surface area contributed by atoms with Gasteiger partial charge >= 0.3 is 0 Å². The summed E-state index contributed by atoms with van der Waals surface area (Å²) in [5.41, 5.74) is 5.03. The largest absolute Gasteiger partial charge is 0.439 e. The van der Waals surface area contributed by atoms with E-state index < -0.39 is 10.0 Å². The molecule has 0 fully saturated rings. The van der Waals surface area contributed by atoms with Gasteiger partial charge in [-0.2, -0.15) is 4.98 Å². The first-order valence-electron chi connectivity index (χ1n) is 10.8. The summed E-state index contributed by atoms with van der Waals surface area (Å²) in [5.74, 6) is 2.13. The van der Waals surface area contributed by atoms with Gasteiger partial charge in [-0.3, -0.25) is 9.29 Å². The highest BCUT2D eigenvalue weighted by Crippen LogP contribution is 2.26. The lowest BCUT2D eigenvalue weighted by molar-refractivity contribution is 0.459. The van der Waals surface area contributed by atoms with Crippen molar-refractivity contribution in [3.63, 3.8) is 0 Å². The fourth-order valence-corrected chi connectivity index (χ4v) is 4.95. The summed E-state index contributed by atoms with van der Waals surface area (Å²) in [7, 11) is -3.72. The Bertz CT molecular complexity index is 1480. The molecule has 1 N–H and O–H groups in total. The Balaban J connectivity index is 1.54. The zero-order chi connectivity index (χ0) is 24.6. The van der Waals surface area contributed by atoms with Crippen molar-refractivity contribution in [3.8, 4) is 17.4 Å². The average molecular weight is 478 g/mol. The molecule has 0 spiro atoms. The van der Waals surface area contributed by atoms with E-state index in [1.165, 1.54) is 0 Å². The molecule has 2 heterocycles. The maximum absolute atomic E-state index is 12.9. The number of benzene rings is 2. The SMILES string of the molecule is Cc1nc(Oc2ccc(NS(=O)(=O)c3cc(C)c(C)cc3C)cc2)cc(-n2cnc(C)c2C)n1. The second kappa shape index (κ2) is 8.90. The van der Waals surface area contributed by atoms with Crippen molar-refractivity contribution in [3.05, 3.63) is 82.7 Å². The molecule has 0 atom stereocenters. The van der Waals surface area contributed by atoms with Crippen molar-refractivity contribution in [2.75, 3.05) is 4.72 Å². The standard InChI is InChI=1S/C25H27N5O3S/c1-15-11-17(3)23(12-16(15)2)34(31,32)29-21-7-9-22(10-8-21)33-25-13-24(27-20(6)28-25)30-14-26-18(4)19(30)5/h7-14,29H,1-6H3. The van der Waals surface area contributed by atoms with Crippen molar-refractivity contribution in [2.24, 2.45) is 0 Å². The van der Waals surface area contributed by atoms with Gasteiger partial charge in [-0.15, -0.1) is 0 Å². The molecular weight excluding hydrogens is 450 g/mol. The summed E-state index contributed by atoms with van der Waals surface area (Å²) in [5, 5.41) is 0. The predicted molar refractivity (Wildman–Crippen MR) is 131 cm³/mol. The van der Waals surface area contributed by atoms with E-state index in [0.29, 0.717) is 34.5 Å². The van der Waals surface area contributed by atoms with Gasteiger partial charge in [-0.1, -0.05) is 6.07 Å². The van der Waals surface area contributed by atoms with E-state index in [1.54, 1.807) is 56.6 Å². The van der Waals surface area contributed by atoms with Gasteiger partial charge in [0.1, 0.15) is 23.7 Å². The molecule has 2 aromatic heterocycles. The Hall–Kier alpha value is -3.72. The maximum Gasteiger partial charge on any atom is 0.262 e. The highest BCUT2D eigenvalue weighted by Gasteiger charge is 2.18. The van der Waals surface area contributed by atoms with Crippen molar-refractivity contribution >= 4 is 15.7 Å². The third-order valence-electron chi connectivity index (χ3n) is 5.71. The summed E-state index contributed by atoms with van der Waals surface area (Å²) in [6, 6.07) is 12.0. The maximum atomic E-state index is 12.9. The van der Waals surface area contributed by atoms with Crippen LogP contribution >= 0.6 is 0 Å². The van der Waals surface area contributed by atoms with Gasteiger partial charge < -0.3 is 4.74 Å². The normalized spacial score (nSPS) is 11.5. The van der Waals surface area contributed by atoms with E-state index in [4.69, 9.17) is 4.74 Å². The summed E-state index contributed by atoms with van der Waals surface area (Å²) in [6.07, 6.45) is 1.72. The number of nitrogens with one attached hydrogen (secondary N) is 1. The van der Waals surface area contributed by atoms with Crippen molar-refractivity contribution in [1.82, 2.24) is 19.5 Å². The molecule has 0 radical (unpaired) electrons. The van der Waals surface area contributed by atoms with Crippen LogP contribution in [0.15, 0.2) is 53.7 Å². The highest BCUT2D eigenvalue weighted by atomic mass is 32.2. The number of aryl methyl sites for hydroxylation is 5. The highest BCUT2D eigenvalue weighted by molar-refractivity contribution is 7.92. The summed E-state index contributed by atoms with van der Waals surface area (Å²) in [6.45, 7) is 11.4. The average Bonchev–Trinajstić information content (AvgIpc) is 3.10. The van der Waals surface area contributed by atoms with Crippen LogP contribution in [0.4, 0.5) is 5.69 Å². The van der Waals surface area contributed by atoms with Gasteiger partial charge in [0.2, 0.25) is 5.88 Å². The molecule has 0 unspecified atom stereocenters. The smallest absolute Gasteiger partial charge is 0.262 e. The fraction of sp³-hybridized carbons (Fsp3) is 0.240. The van der Waals surface area contributed by atoms with Crippen LogP contribution in [-0.4, -0.2) is 27.9 Å². The lowest BCUT2D eigenvalue weighted by atomic mass is 10.1. The van der Waals surface area contributed by atoms with E-state index in [0.717, 1.165) is 22.5 Å². The third kappa shape index (κ3) is 4.79. The van der Waals surface area contributed by atoms with Crippen molar-refractivity contribution in [1.29, 1.82) is 0 Å². The number of hydrogen-bond acceptors (Lipinski definition) is 6. The molecule has 4 rings (SSSR count). The summed E-state index contributed by atoms with van der Waals surface area (Å²) in [4.78, 5) is 13.4.